The summed E-state index contributed by atoms with van der Waals surface area (Å²) in [5.74, 6) is 3.00. The van der Waals surface area contributed by atoms with Crippen LogP contribution in [0.1, 0.15) is 34.9 Å². The fraction of sp³-hybridized carbons (Fsp3) is 0.565. The van der Waals surface area contributed by atoms with E-state index in [0.717, 1.165) is 80.6 Å². The average molecular weight is 471 g/mol. The molecule has 0 atom stereocenters. The SMILES string of the molecule is Cc1cc(NC(=O)C2CCN(c3nc(CN4CCOCC4)nc4sc(C)c(C)c34)CC2)no1. The number of nitrogens with zero attached hydrogens (tertiary/aromatic N) is 5. The molecule has 2 saturated heterocycles. The molecule has 2 fully saturated rings. The van der Waals surface area contributed by atoms with Gasteiger partial charge in [0.15, 0.2) is 5.82 Å². The number of amides is 1. The molecule has 10 heteroatoms. The number of nitrogens with one attached hydrogen (secondary N) is 1. The topological polar surface area (TPSA) is 96.6 Å². The Morgan fingerprint density at radius 1 is 1.15 bits per heavy atom. The van der Waals surface area contributed by atoms with Crippen LogP contribution in [0.3, 0.4) is 0 Å². The zero-order valence-electron chi connectivity index (χ0n) is 19.4. The van der Waals surface area contributed by atoms with Crippen LogP contribution >= 0.6 is 11.3 Å². The Balaban J connectivity index is 1.33. The number of aromatic nitrogens is 3. The number of rotatable bonds is 5. The summed E-state index contributed by atoms with van der Waals surface area (Å²) in [5.41, 5.74) is 1.25. The maximum absolute atomic E-state index is 12.7. The number of anilines is 2. The fourth-order valence-electron chi connectivity index (χ4n) is 4.54. The first-order valence-corrected chi connectivity index (χ1v) is 12.4. The number of hydrogen-bond acceptors (Lipinski definition) is 9. The van der Waals surface area contributed by atoms with Crippen molar-refractivity contribution in [3.05, 3.63) is 28.1 Å². The van der Waals surface area contributed by atoms with Gasteiger partial charge in [-0.25, -0.2) is 9.97 Å². The van der Waals surface area contributed by atoms with Crippen LogP contribution in [-0.4, -0.2) is 65.3 Å². The van der Waals surface area contributed by atoms with Gasteiger partial charge in [-0.3, -0.25) is 9.69 Å². The third-order valence-corrected chi connectivity index (χ3v) is 7.67. The molecule has 0 aromatic carbocycles. The molecule has 33 heavy (non-hydrogen) atoms. The maximum atomic E-state index is 12.7. The number of thiophene rings is 1. The Morgan fingerprint density at radius 2 is 1.91 bits per heavy atom. The van der Waals surface area contributed by atoms with Crippen molar-refractivity contribution in [2.45, 2.75) is 40.2 Å². The summed E-state index contributed by atoms with van der Waals surface area (Å²) in [7, 11) is 0. The fourth-order valence-corrected chi connectivity index (χ4v) is 5.58. The average Bonchev–Trinajstić information content (AvgIpc) is 3.35. The lowest BCUT2D eigenvalue weighted by Crippen LogP contribution is -2.39. The standard InChI is InChI=1S/C23H30N6O3S/c1-14-12-18(27-32-14)25-22(30)17-4-6-29(7-5-17)21-20-15(2)16(3)33-23(20)26-19(24-21)13-28-8-10-31-11-9-28/h12,17H,4-11,13H2,1-3H3,(H,25,27,30). The van der Waals surface area contributed by atoms with Crippen LogP contribution in [0.4, 0.5) is 11.6 Å². The van der Waals surface area contributed by atoms with Crippen LogP contribution in [-0.2, 0) is 16.1 Å². The molecule has 2 aliphatic rings. The van der Waals surface area contributed by atoms with Crippen molar-refractivity contribution in [2.75, 3.05) is 49.6 Å². The molecule has 2 aliphatic heterocycles. The second-order valence-corrected chi connectivity index (χ2v) is 10.1. The van der Waals surface area contributed by atoms with Gasteiger partial charge in [-0.2, -0.15) is 0 Å². The third kappa shape index (κ3) is 4.73. The van der Waals surface area contributed by atoms with E-state index in [0.29, 0.717) is 11.6 Å². The van der Waals surface area contributed by atoms with E-state index in [2.05, 4.69) is 34.1 Å². The summed E-state index contributed by atoms with van der Waals surface area (Å²) >= 11 is 1.74. The van der Waals surface area contributed by atoms with Gasteiger partial charge in [-0.15, -0.1) is 11.3 Å². The van der Waals surface area contributed by atoms with E-state index in [1.165, 1.54) is 10.4 Å². The number of morpholine rings is 1. The van der Waals surface area contributed by atoms with Crippen LogP contribution in [0.2, 0.25) is 0 Å². The van der Waals surface area contributed by atoms with Crippen LogP contribution in [0, 0.1) is 26.7 Å². The Morgan fingerprint density at radius 3 is 2.61 bits per heavy atom. The van der Waals surface area contributed by atoms with E-state index in [4.69, 9.17) is 19.2 Å². The first-order chi connectivity index (χ1) is 16.0. The third-order valence-electron chi connectivity index (χ3n) is 6.57. The normalized spacial score (nSPS) is 18.2. The van der Waals surface area contributed by atoms with Gasteiger partial charge in [0.1, 0.15) is 22.2 Å². The van der Waals surface area contributed by atoms with Crippen molar-refractivity contribution in [3.8, 4) is 0 Å². The summed E-state index contributed by atoms with van der Waals surface area (Å²) in [6.07, 6.45) is 1.55. The molecule has 1 amide bonds. The number of fused-ring (bicyclic) bond motifs is 1. The number of carbonyl (C=O) groups is 1. The minimum Gasteiger partial charge on any atom is -0.379 e. The van der Waals surface area contributed by atoms with Gasteiger partial charge in [0.05, 0.1) is 25.1 Å². The molecule has 3 aromatic rings. The highest BCUT2D eigenvalue weighted by molar-refractivity contribution is 7.18. The molecule has 3 aromatic heterocycles. The van der Waals surface area contributed by atoms with Gasteiger partial charge >= 0.3 is 0 Å². The molecule has 0 spiro atoms. The summed E-state index contributed by atoms with van der Waals surface area (Å²) < 4.78 is 10.5. The predicted molar refractivity (Wildman–Crippen MR) is 128 cm³/mol. The molecule has 0 unspecified atom stereocenters. The quantitative estimate of drug-likeness (QED) is 0.607. The number of aryl methyl sites for hydroxylation is 3. The minimum absolute atomic E-state index is 0.00588. The monoisotopic (exact) mass is 470 g/mol. The van der Waals surface area contributed by atoms with Gasteiger partial charge in [-0.05, 0) is 39.2 Å². The lowest BCUT2D eigenvalue weighted by Gasteiger charge is -2.33. The van der Waals surface area contributed by atoms with Crippen molar-refractivity contribution in [3.63, 3.8) is 0 Å². The lowest BCUT2D eigenvalue weighted by molar-refractivity contribution is -0.120. The Hall–Kier alpha value is -2.56. The largest absolute Gasteiger partial charge is 0.379 e. The maximum Gasteiger partial charge on any atom is 0.228 e. The zero-order chi connectivity index (χ0) is 22.9. The first-order valence-electron chi connectivity index (χ1n) is 11.5. The second-order valence-electron chi connectivity index (χ2n) is 8.89. The van der Waals surface area contributed by atoms with Gasteiger partial charge in [0.25, 0.3) is 0 Å². The summed E-state index contributed by atoms with van der Waals surface area (Å²) in [4.78, 5) is 29.7. The van der Waals surface area contributed by atoms with Gasteiger partial charge in [-0.1, -0.05) is 5.16 Å². The molecule has 0 bridgehead atoms. The number of piperidine rings is 1. The molecular formula is C23H30N6O3S. The molecule has 176 valence electrons. The first kappa shape index (κ1) is 22.2. The predicted octanol–water partition coefficient (Wildman–Crippen LogP) is 3.29. The highest BCUT2D eigenvalue weighted by Gasteiger charge is 2.28. The van der Waals surface area contributed by atoms with E-state index in [-0.39, 0.29) is 11.8 Å². The summed E-state index contributed by atoms with van der Waals surface area (Å²) in [6, 6.07) is 1.74. The molecule has 0 radical (unpaired) electrons. The molecule has 0 saturated carbocycles. The van der Waals surface area contributed by atoms with E-state index in [1.54, 1.807) is 17.4 Å². The van der Waals surface area contributed by atoms with Gasteiger partial charge in [0.2, 0.25) is 5.91 Å². The molecule has 5 heterocycles. The Bertz CT molecular complexity index is 1140. The Kier molecular flexibility index (Phi) is 6.31. The van der Waals surface area contributed by atoms with Crippen molar-refractivity contribution < 1.29 is 14.1 Å². The molecule has 9 nitrogen and oxygen atoms in total. The van der Waals surface area contributed by atoms with Crippen molar-refractivity contribution in [1.82, 2.24) is 20.0 Å². The van der Waals surface area contributed by atoms with Crippen molar-refractivity contribution in [2.24, 2.45) is 5.92 Å². The van der Waals surface area contributed by atoms with E-state index >= 15 is 0 Å². The van der Waals surface area contributed by atoms with Gasteiger partial charge in [0, 0.05) is 43.0 Å². The van der Waals surface area contributed by atoms with E-state index < -0.39 is 0 Å². The minimum atomic E-state index is -0.0475. The molecule has 0 aliphatic carbocycles. The number of carbonyl (C=O) groups excluding carboxylic acids is 1. The highest BCUT2D eigenvalue weighted by atomic mass is 32.1. The van der Waals surface area contributed by atoms with Crippen LogP contribution < -0.4 is 10.2 Å². The van der Waals surface area contributed by atoms with Crippen molar-refractivity contribution in [1.29, 1.82) is 0 Å². The van der Waals surface area contributed by atoms with Gasteiger partial charge < -0.3 is 19.5 Å². The number of ether oxygens (including phenoxy) is 1. The van der Waals surface area contributed by atoms with Crippen LogP contribution in [0.25, 0.3) is 10.2 Å². The molecule has 5 rings (SSSR count). The van der Waals surface area contributed by atoms with Crippen molar-refractivity contribution >= 4 is 39.1 Å². The molecule has 1 N–H and O–H groups in total. The number of hydrogen-bond donors (Lipinski definition) is 1. The Labute approximate surface area is 197 Å². The summed E-state index contributed by atoms with van der Waals surface area (Å²) in [6.45, 7) is 11.8. The summed E-state index contributed by atoms with van der Waals surface area (Å²) in [5, 5.41) is 7.91. The smallest absolute Gasteiger partial charge is 0.228 e. The van der Waals surface area contributed by atoms with Crippen LogP contribution in [0.5, 0.6) is 0 Å². The molecular weight excluding hydrogens is 440 g/mol. The van der Waals surface area contributed by atoms with E-state index in [9.17, 15) is 4.79 Å². The lowest BCUT2D eigenvalue weighted by atomic mass is 9.95. The second kappa shape index (κ2) is 9.36. The van der Waals surface area contributed by atoms with E-state index in [1.807, 2.05) is 6.92 Å². The van der Waals surface area contributed by atoms with Crippen LogP contribution in [0.15, 0.2) is 10.6 Å². The highest BCUT2D eigenvalue weighted by Crippen LogP contribution is 2.36. The zero-order valence-corrected chi connectivity index (χ0v) is 20.2.